The van der Waals surface area contributed by atoms with Gasteiger partial charge in [0, 0.05) is 23.9 Å². The number of hydrogen-bond acceptors (Lipinski definition) is 2. The van der Waals surface area contributed by atoms with Crippen molar-refractivity contribution in [2.75, 3.05) is 13.1 Å². The zero-order valence-electron chi connectivity index (χ0n) is 13.0. The minimum Gasteiger partial charge on any atom is -0.333 e. The quantitative estimate of drug-likeness (QED) is 0.889. The standard InChI is InChI=1S/C18H21FN2OS/c19-16-8-6-14(7-9-16)15-4-1-2-10-21(13-15)18(22)20-12-17-5-3-11-23-17/h3,5-9,11,15H,1-2,4,10,12-13H2,(H,20,22). The van der Waals surface area contributed by atoms with E-state index in [2.05, 4.69) is 5.32 Å². The van der Waals surface area contributed by atoms with Crippen LogP contribution in [0.25, 0.3) is 0 Å². The molecule has 1 N–H and O–H groups in total. The Morgan fingerprint density at radius 1 is 1.26 bits per heavy atom. The lowest BCUT2D eigenvalue weighted by molar-refractivity contribution is 0.197. The summed E-state index contributed by atoms with van der Waals surface area (Å²) in [5, 5.41) is 5.01. The van der Waals surface area contributed by atoms with Crippen LogP contribution in [0.15, 0.2) is 41.8 Å². The highest BCUT2D eigenvalue weighted by Gasteiger charge is 2.23. The summed E-state index contributed by atoms with van der Waals surface area (Å²) in [5.74, 6) is 0.0681. The molecule has 1 atom stereocenters. The number of rotatable bonds is 3. The van der Waals surface area contributed by atoms with Crippen LogP contribution in [-0.2, 0) is 6.54 Å². The number of carbonyl (C=O) groups is 1. The molecule has 0 radical (unpaired) electrons. The lowest BCUT2D eigenvalue weighted by Gasteiger charge is -2.25. The molecule has 1 unspecified atom stereocenters. The Labute approximate surface area is 140 Å². The molecule has 2 heterocycles. The molecule has 0 spiro atoms. The van der Waals surface area contributed by atoms with Crippen LogP contribution >= 0.6 is 11.3 Å². The van der Waals surface area contributed by atoms with Crippen molar-refractivity contribution in [3.05, 3.63) is 58.0 Å². The highest BCUT2D eigenvalue weighted by Crippen LogP contribution is 2.26. The van der Waals surface area contributed by atoms with Gasteiger partial charge in [-0.15, -0.1) is 11.3 Å². The predicted octanol–water partition coefficient (Wildman–Crippen LogP) is 4.37. The molecule has 23 heavy (non-hydrogen) atoms. The molecule has 1 aliphatic heterocycles. The third-order valence-corrected chi connectivity index (χ3v) is 5.17. The lowest BCUT2D eigenvalue weighted by atomic mass is 9.94. The highest BCUT2D eigenvalue weighted by atomic mass is 32.1. The zero-order chi connectivity index (χ0) is 16.1. The number of carbonyl (C=O) groups excluding carboxylic acids is 1. The SMILES string of the molecule is O=C(NCc1cccs1)N1CCCCC(c2ccc(F)cc2)C1. The van der Waals surface area contributed by atoms with Gasteiger partial charge in [-0.25, -0.2) is 9.18 Å². The number of likely N-dealkylation sites (tertiary alicyclic amines) is 1. The Kier molecular flexibility index (Phi) is 5.28. The van der Waals surface area contributed by atoms with E-state index in [4.69, 9.17) is 0 Å². The fourth-order valence-electron chi connectivity index (χ4n) is 3.02. The molecule has 0 saturated carbocycles. The second-order valence-corrected chi connectivity index (χ2v) is 6.96. The normalized spacial score (nSPS) is 18.5. The van der Waals surface area contributed by atoms with Crippen LogP contribution in [0.3, 0.4) is 0 Å². The van der Waals surface area contributed by atoms with Crippen LogP contribution in [0, 0.1) is 5.82 Å². The van der Waals surface area contributed by atoms with Gasteiger partial charge in [0.15, 0.2) is 0 Å². The van der Waals surface area contributed by atoms with E-state index < -0.39 is 0 Å². The fraction of sp³-hybridized carbons (Fsp3) is 0.389. The van der Waals surface area contributed by atoms with Gasteiger partial charge < -0.3 is 10.2 Å². The average molecular weight is 332 g/mol. The topological polar surface area (TPSA) is 32.3 Å². The van der Waals surface area contributed by atoms with Crippen molar-refractivity contribution in [2.24, 2.45) is 0 Å². The van der Waals surface area contributed by atoms with Crippen molar-refractivity contribution >= 4 is 17.4 Å². The Morgan fingerprint density at radius 3 is 2.83 bits per heavy atom. The Morgan fingerprint density at radius 2 is 2.09 bits per heavy atom. The molecule has 1 saturated heterocycles. The first-order valence-corrected chi connectivity index (χ1v) is 8.91. The molecule has 2 amide bonds. The van der Waals surface area contributed by atoms with Gasteiger partial charge in [0.2, 0.25) is 0 Å². The third-order valence-electron chi connectivity index (χ3n) is 4.29. The number of halogens is 1. The van der Waals surface area contributed by atoms with Gasteiger partial charge in [-0.2, -0.15) is 0 Å². The van der Waals surface area contributed by atoms with Crippen LogP contribution in [0.1, 0.15) is 35.6 Å². The first-order chi connectivity index (χ1) is 11.2. The fourth-order valence-corrected chi connectivity index (χ4v) is 3.67. The van der Waals surface area contributed by atoms with Gasteiger partial charge in [0.25, 0.3) is 0 Å². The molecule has 1 aromatic heterocycles. The Hall–Kier alpha value is -1.88. The number of hydrogen-bond donors (Lipinski definition) is 1. The molecule has 0 aliphatic carbocycles. The minimum atomic E-state index is -0.215. The van der Waals surface area contributed by atoms with Crippen molar-refractivity contribution in [3.8, 4) is 0 Å². The molecule has 1 fully saturated rings. The second kappa shape index (κ2) is 7.59. The van der Waals surface area contributed by atoms with Crippen LogP contribution < -0.4 is 5.32 Å². The maximum atomic E-state index is 13.1. The first kappa shape index (κ1) is 16.0. The molecule has 3 rings (SSSR count). The van der Waals surface area contributed by atoms with E-state index in [0.29, 0.717) is 13.1 Å². The van der Waals surface area contributed by atoms with Crippen molar-refractivity contribution < 1.29 is 9.18 Å². The largest absolute Gasteiger partial charge is 0.333 e. The Bertz CT molecular complexity index is 627. The summed E-state index contributed by atoms with van der Waals surface area (Å²) >= 11 is 1.65. The van der Waals surface area contributed by atoms with Crippen LogP contribution in [0.4, 0.5) is 9.18 Å². The van der Waals surface area contributed by atoms with Crippen LogP contribution in [0.2, 0.25) is 0 Å². The van der Waals surface area contributed by atoms with Crippen LogP contribution in [-0.4, -0.2) is 24.0 Å². The van der Waals surface area contributed by atoms with Gasteiger partial charge in [0.05, 0.1) is 6.54 Å². The summed E-state index contributed by atoms with van der Waals surface area (Å²) in [7, 11) is 0. The van der Waals surface area contributed by atoms with E-state index in [0.717, 1.165) is 36.2 Å². The lowest BCUT2D eigenvalue weighted by Crippen LogP contribution is -2.41. The smallest absolute Gasteiger partial charge is 0.317 e. The number of thiophene rings is 1. The van der Waals surface area contributed by atoms with E-state index in [-0.39, 0.29) is 17.8 Å². The van der Waals surface area contributed by atoms with Gasteiger partial charge in [0.1, 0.15) is 5.82 Å². The Balaban J connectivity index is 1.62. The minimum absolute atomic E-state index is 0.00703. The zero-order valence-corrected chi connectivity index (χ0v) is 13.8. The average Bonchev–Trinajstić information content (AvgIpc) is 2.96. The van der Waals surface area contributed by atoms with E-state index >= 15 is 0 Å². The summed E-state index contributed by atoms with van der Waals surface area (Å²) in [6, 6.07) is 10.7. The summed E-state index contributed by atoms with van der Waals surface area (Å²) in [5.41, 5.74) is 1.12. The molecule has 1 aromatic carbocycles. The van der Waals surface area contributed by atoms with E-state index in [1.807, 2.05) is 34.5 Å². The number of benzene rings is 1. The second-order valence-electron chi connectivity index (χ2n) is 5.93. The van der Waals surface area contributed by atoms with Gasteiger partial charge in [-0.05, 0) is 42.0 Å². The maximum absolute atomic E-state index is 13.1. The van der Waals surface area contributed by atoms with E-state index in [1.165, 1.54) is 12.1 Å². The summed E-state index contributed by atoms with van der Waals surface area (Å²) in [6.07, 6.45) is 3.15. The van der Waals surface area contributed by atoms with Crippen LogP contribution in [0.5, 0.6) is 0 Å². The third kappa shape index (κ3) is 4.32. The van der Waals surface area contributed by atoms with Gasteiger partial charge in [-0.1, -0.05) is 24.6 Å². The highest BCUT2D eigenvalue weighted by molar-refractivity contribution is 7.09. The molecule has 3 nitrogen and oxygen atoms in total. The molecule has 1 aliphatic rings. The first-order valence-electron chi connectivity index (χ1n) is 8.03. The van der Waals surface area contributed by atoms with E-state index in [9.17, 15) is 9.18 Å². The molecular formula is C18H21FN2OS. The van der Waals surface area contributed by atoms with Crippen molar-refractivity contribution in [2.45, 2.75) is 31.7 Å². The molecular weight excluding hydrogens is 311 g/mol. The van der Waals surface area contributed by atoms with Crippen molar-refractivity contribution in [3.63, 3.8) is 0 Å². The van der Waals surface area contributed by atoms with Gasteiger partial charge >= 0.3 is 6.03 Å². The predicted molar refractivity (Wildman–Crippen MR) is 91.1 cm³/mol. The molecule has 122 valence electrons. The van der Waals surface area contributed by atoms with Gasteiger partial charge in [-0.3, -0.25) is 0 Å². The number of nitrogens with zero attached hydrogens (tertiary/aromatic N) is 1. The molecule has 0 bridgehead atoms. The van der Waals surface area contributed by atoms with E-state index in [1.54, 1.807) is 11.3 Å². The molecule has 5 heteroatoms. The summed E-state index contributed by atoms with van der Waals surface area (Å²) in [4.78, 5) is 15.5. The number of nitrogens with one attached hydrogen (secondary N) is 1. The molecule has 2 aromatic rings. The summed E-state index contributed by atoms with van der Waals surface area (Å²) in [6.45, 7) is 2.06. The monoisotopic (exact) mass is 332 g/mol. The summed E-state index contributed by atoms with van der Waals surface area (Å²) < 4.78 is 13.1. The number of amides is 2. The number of urea groups is 1. The maximum Gasteiger partial charge on any atom is 0.317 e. The van der Waals surface area contributed by atoms with Crippen molar-refractivity contribution in [1.29, 1.82) is 0 Å². The van der Waals surface area contributed by atoms with Crippen molar-refractivity contribution in [1.82, 2.24) is 10.2 Å².